The molecule has 2 saturated carbocycles. The summed E-state index contributed by atoms with van der Waals surface area (Å²) in [7, 11) is 0. The molecule has 3 heteroatoms. The Bertz CT molecular complexity index is 657. The van der Waals surface area contributed by atoms with Gasteiger partial charge in [-0.3, -0.25) is 0 Å². The average molecular weight is 386 g/mol. The number of nitriles is 1. The highest BCUT2D eigenvalue weighted by atomic mass is 19.1. The standard InChI is InChI=1S/C25H33F2N/c26-24-15-13-23(14-16-24)22-11-9-20(10-12-22)4-2-1-3-19-5-7-21(8-6-19)17-25(27)18-28/h13-17,19-22H,1-12H2. The van der Waals surface area contributed by atoms with Gasteiger partial charge >= 0.3 is 0 Å². The van der Waals surface area contributed by atoms with Crippen LogP contribution in [0.3, 0.4) is 0 Å². The molecule has 0 saturated heterocycles. The highest BCUT2D eigenvalue weighted by Crippen LogP contribution is 2.38. The fourth-order valence-corrected chi connectivity index (χ4v) is 5.27. The van der Waals surface area contributed by atoms with Crippen molar-refractivity contribution in [1.29, 1.82) is 5.26 Å². The maximum atomic E-state index is 13.1. The van der Waals surface area contributed by atoms with Gasteiger partial charge in [-0.15, -0.1) is 0 Å². The van der Waals surface area contributed by atoms with Gasteiger partial charge in [0.15, 0.2) is 5.83 Å². The molecule has 1 nitrogen and oxygen atoms in total. The van der Waals surface area contributed by atoms with Crippen LogP contribution in [0.1, 0.15) is 88.5 Å². The topological polar surface area (TPSA) is 23.8 Å². The first-order chi connectivity index (χ1) is 13.6. The van der Waals surface area contributed by atoms with E-state index in [-0.39, 0.29) is 11.7 Å². The molecule has 0 aliphatic heterocycles. The molecule has 0 heterocycles. The molecule has 1 aromatic carbocycles. The largest absolute Gasteiger partial charge is 0.207 e. The van der Waals surface area contributed by atoms with Gasteiger partial charge in [0.05, 0.1) is 0 Å². The molecule has 0 N–H and O–H groups in total. The van der Waals surface area contributed by atoms with E-state index < -0.39 is 5.83 Å². The first kappa shape index (κ1) is 21.0. The van der Waals surface area contributed by atoms with Gasteiger partial charge in [0.2, 0.25) is 0 Å². The van der Waals surface area contributed by atoms with Gasteiger partial charge in [-0.2, -0.15) is 9.65 Å². The van der Waals surface area contributed by atoms with Gasteiger partial charge in [0.1, 0.15) is 11.9 Å². The molecule has 1 aromatic rings. The summed E-state index contributed by atoms with van der Waals surface area (Å²) in [5.74, 6) is 1.80. The first-order valence-corrected chi connectivity index (χ1v) is 11.2. The van der Waals surface area contributed by atoms with Crippen molar-refractivity contribution in [3.05, 3.63) is 47.5 Å². The summed E-state index contributed by atoms with van der Waals surface area (Å²) in [6.07, 6.45) is 16.4. The zero-order valence-electron chi connectivity index (χ0n) is 16.9. The zero-order valence-corrected chi connectivity index (χ0v) is 16.9. The molecule has 0 spiro atoms. The third-order valence-electron chi connectivity index (χ3n) is 7.04. The van der Waals surface area contributed by atoms with Crippen LogP contribution in [0.4, 0.5) is 8.78 Å². The summed E-state index contributed by atoms with van der Waals surface area (Å²) in [6, 6.07) is 8.68. The van der Waals surface area contributed by atoms with Crippen molar-refractivity contribution >= 4 is 0 Å². The van der Waals surface area contributed by atoms with Gasteiger partial charge < -0.3 is 0 Å². The van der Waals surface area contributed by atoms with Crippen molar-refractivity contribution in [3.8, 4) is 6.07 Å². The van der Waals surface area contributed by atoms with E-state index in [1.807, 2.05) is 12.1 Å². The quantitative estimate of drug-likeness (QED) is 0.346. The minimum Gasteiger partial charge on any atom is -0.207 e. The van der Waals surface area contributed by atoms with Crippen molar-refractivity contribution in [3.63, 3.8) is 0 Å². The Labute approximate surface area is 168 Å². The van der Waals surface area contributed by atoms with Crippen LogP contribution in [-0.4, -0.2) is 0 Å². The molecule has 0 unspecified atom stereocenters. The molecule has 0 bridgehead atoms. The van der Waals surface area contributed by atoms with E-state index in [0.717, 1.165) is 24.7 Å². The number of nitrogens with zero attached hydrogens (tertiary/aromatic N) is 1. The summed E-state index contributed by atoms with van der Waals surface area (Å²) in [4.78, 5) is 0. The van der Waals surface area contributed by atoms with Gasteiger partial charge in [0, 0.05) is 0 Å². The van der Waals surface area contributed by atoms with Crippen LogP contribution in [0.25, 0.3) is 0 Å². The Balaban J connectivity index is 1.27. The van der Waals surface area contributed by atoms with Crippen LogP contribution in [0.15, 0.2) is 36.2 Å². The third kappa shape index (κ3) is 6.43. The number of unbranched alkanes of at least 4 members (excludes halogenated alkanes) is 1. The lowest BCUT2D eigenvalue weighted by molar-refractivity contribution is 0.272. The molecule has 0 aromatic heterocycles. The lowest BCUT2D eigenvalue weighted by Gasteiger charge is -2.29. The number of hydrogen-bond donors (Lipinski definition) is 0. The van der Waals surface area contributed by atoms with Gasteiger partial charge in [-0.05, 0) is 98.8 Å². The fraction of sp³-hybridized carbons (Fsp3) is 0.640. The molecular weight excluding hydrogens is 352 g/mol. The van der Waals surface area contributed by atoms with Crippen molar-refractivity contribution in [1.82, 2.24) is 0 Å². The lowest BCUT2D eigenvalue weighted by atomic mass is 9.76. The first-order valence-electron chi connectivity index (χ1n) is 11.2. The molecule has 0 amide bonds. The fourth-order valence-electron chi connectivity index (χ4n) is 5.27. The monoisotopic (exact) mass is 385 g/mol. The Morgan fingerprint density at radius 1 is 0.893 bits per heavy atom. The van der Waals surface area contributed by atoms with E-state index in [0.29, 0.717) is 5.92 Å². The summed E-state index contributed by atoms with van der Waals surface area (Å²) in [5.41, 5.74) is 1.31. The summed E-state index contributed by atoms with van der Waals surface area (Å²) >= 11 is 0. The zero-order chi connectivity index (χ0) is 19.8. The highest BCUT2D eigenvalue weighted by molar-refractivity contribution is 5.20. The lowest BCUT2D eigenvalue weighted by Crippen LogP contribution is -2.14. The number of allylic oxidation sites excluding steroid dienone is 2. The minimum atomic E-state index is -0.613. The highest BCUT2D eigenvalue weighted by Gasteiger charge is 2.23. The van der Waals surface area contributed by atoms with E-state index >= 15 is 0 Å². The van der Waals surface area contributed by atoms with E-state index in [1.54, 1.807) is 18.2 Å². The Morgan fingerprint density at radius 2 is 1.43 bits per heavy atom. The smallest absolute Gasteiger partial charge is 0.196 e. The average Bonchev–Trinajstić information content (AvgIpc) is 2.73. The minimum absolute atomic E-state index is 0.142. The summed E-state index contributed by atoms with van der Waals surface area (Å²) in [5, 5.41) is 8.54. The van der Waals surface area contributed by atoms with Gasteiger partial charge in [0.25, 0.3) is 0 Å². The van der Waals surface area contributed by atoms with Gasteiger partial charge in [-0.1, -0.05) is 37.8 Å². The molecule has 0 radical (unpaired) electrons. The van der Waals surface area contributed by atoms with Crippen LogP contribution in [0.5, 0.6) is 0 Å². The second kappa shape index (κ2) is 10.7. The second-order valence-corrected chi connectivity index (χ2v) is 8.96. The van der Waals surface area contributed by atoms with E-state index in [4.69, 9.17) is 5.26 Å². The summed E-state index contributed by atoms with van der Waals surface area (Å²) in [6.45, 7) is 0. The number of rotatable bonds is 7. The molecule has 152 valence electrons. The maximum Gasteiger partial charge on any atom is 0.196 e. The predicted octanol–water partition coefficient (Wildman–Crippen LogP) is 7.84. The Hall–Kier alpha value is -1.69. The molecule has 3 rings (SSSR count). The number of halogens is 2. The predicted molar refractivity (Wildman–Crippen MR) is 110 cm³/mol. The SMILES string of the molecule is N#CC(F)=CC1CCC(CCCCC2CCC(c3ccc(F)cc3)CC2)CC1. The normalized spacial score (nSPS) is 28.7. The Morgan fingerprint density at radius 3 is 1.96 bits per heavy atom. The molecule has 2 aliphatic carbocycles. The summed E-state index contributed by atoms with van der Waals surface area (Å²) < 4.78 is 26.1. The molecule has 2 aliphatic rings. The van der Waals surface area contributed by atoms with Crippen LogP contribution < -0.4 is 0 Å². The van der Waals surface area contributed by atoms with E-state index in [1.165, 1.54) is 75.8 Å². The molecule has 0 atom stereocenters. The number of hydrogen-bond acceptors (Lipinski definition) is 1. The molecular formula is C25H33F2N. The van der Waals surface area contributed by atoms with Crippen molar-refractivity contribution in [2.75, 3.05) is 0 Å². The van der Waals surface area contributed by atoms with Crippen molar-refractivity contribution in [2.24, 2.45) is 17.8 Å². The van der Waals surface area contributed by atoms with Crippen molar-refractivity contribution < 1.29 is 8.78 Å². The van der Waals surface area contributed by atoms with Crippen LogP contribution >= 0.6 is 0 Å². The van der Waals surface area contributed by atoms with Crippen LogP contribution in [0.2, 0.25) is 0 Å². The maximum absolute atomic E-state index is 13.1. The Kier molecular flexibility index (Phi) is 8.07. The van der Waals surface area contributed by atoms with E-state index in [9.17, 15) is 8.78 Å². The van der Waals surface area contributed by atoms with Crippen molar-refractivity contribution in [2.45, 2.75) is 83.0 Å². The van der Waals surface area contributed by atoms with Gasteiger partial charge in [-0.25, -0.2) is 4.39 Å². The van der Waals surface area contributed by atoms with E-state index in [2.05, 4.69) is 0 Å². The van der Waals surface area contributed by atoms with Crippen LogP contribution in [0, 0.1) is 34.9 Å². The third-order valence-corrected chi connectivity index (χ3v) is 7.04. The second-order valence-electron chi connectivity index (χ2n) is 8.96. The number of benzene rings is 1. The molecule has 28 heavy (non-hydrogen) atoms. The van der Waals surface area contributed by atoms with Crippen LogP contribution in [-0.2, 0) is 0 Å². The molecule has 2 fully saturated rings.